The minimum Gasteiger partial charge on any atom is -0.497 e. The number of carbonyl (C=O) groups excluding carboxylic acids is 1. The van der Waals surface area contributed by atoms with Crippen molar-refractivity contribution in [2.24, 2.45) is 0 Å². The Kier molecular flexibility index (Phi) is 4.15. The van der Waals surface area contributed by atoms with Crippen LogP contribution in [0.4, 0.5) is 0 Å². The summed E-state index contributed by atoms with van der Waals surface area (Å²) in [5, 5.41) is 0. The van der Waals surface area contributed by atoms with Crippen molar-refractivity contribution in [3.05, 3.63) is 29.8 Å². The second-order valence-corrected chi connectivity index (χ2v) is 4.41. The minimum atomic E-state index is 0.146. The van der Waals surface area contributed by atoms with E-state index in [4.69, 9.17) is 9.47 Å². The standard InChI is InChI=1S/C14H18O3/c1-16-13-5-2-4-11(9-13)8-12(15)10-14-6-3-7-17-14/h2,4-5,9,14H,3,6-8,10H2,1H3. The molecule has 1 fully saturated rings. The van der Waals surface area contributed by atoms with Crippen molar-refractivity contribution in [2.75, 3.05) is 13.7 Å². The molecular weight excluding hydrogens is 216 g/mol. The van der Waals surface area contributed by atoms with E-state index in [9.17, 15) is 4.79 Å². The Hall–Kier alpha value is -1.35. The van der Waals surface area contributed by atoms with Crippen LogP contribution < -0.4 is 4.74 Å². The van der Waals surface area contributed by atoms with E-state index in [1.807, 2.05) is 24.3 Å². The summed E-state index contributed by atoms with van der Waals surface area (Å²) in [6.45, 7) is 0.803. The van der Waals surface area contributed by atoms with Crippen LogP contribution in [0, 0.1) is 0 Å². The lowest BCUT2D eigenvalue weighted by molar-refractivity contribution is -0.120. The third kappa shape index (κ3) is 3.56. The molecule has 0 saturated carbocycles. The molecule has 0 N–H and O–H groups in total. The Labute approximate surface area is 102 Å². The van der Waals surface area contributed by atoms with Crippen LogP contribution in [-0.4, -0.2) is 25.6 Å². The van der Waals surface area contributed by atoms with Gasteiger partial charge in [0.15, 0.2) is 0 Å². The largest absolute Gasteiger partial charge is 0.497 e. The van der Waals surface area contributed by atoms with Crippen molar-refractivity contribution in [1.82, 2.24) is 0 Å². The molecule has 1 aromatic carbocycles. The fourth-order valence-electron chi connectivity index (χ4n) is 2.14. The lowest BCUT2D eigenvalue weighted by Gasteiger charge is -2.08. The van der Waals surface area contributed by atoms with Crippen molar-refractivity contribution in [1.29, 1.82) is 0 Å². The summed E-state index contributed by atoms with van der Waals surface area (Å²) in [7, 11) is 1.63. The molecule has 0 radical (unpaired) electrons. The fraction of sp³-hybridized carbons (Fsp3) is 0.500. The lowest BCUT2D eigenvalue weighted by Crippen LogP contribution is -2.14. The molecule has 1 aliphatic rings. The van der Waals surface area contributed by atoms with E-state index in [1.165, 1.54) is 0 Å². The number of Topliss-reactive ketones (excluding diaryl/α,β-unsaturated/α-hetero) is 1. The van der Waals surface area contributed by atoms with E-state index in [2.05, 4.69) is 0 Å². The first-order valence-electron chi connectivity index (χ1n) is 6.04. The number of hydrogen-bond donors (Lipinski definition) is 0. The predicted molar refractivity (Wildman–Crippen MR) is 65.3 cm³/mol. The van der Waals surface area contributed by atoms with Crippen LogP contribution in [0.15, 0.2) is 24.3 Å². The zero-order chi connectivity index (χ0) is 12.1. The van der Waals surface area contributed by atoms with Gasteiger partial charge in [0.25, 0.3) is 0 Å². The van der Waals surface area contributed by atoms with Crippen LogP contribution in [0.5, 0.6) is 5.75 Å². The number of methoxy groups -OCH3 is 1. The summed E-state index contributed by atoms with van der Waals surface area (Å²) < 4.78 is 10.6. The molecule has 0 amide bonds. The highest BCUT2D eigenvalue weighted by molar-refractivity contribution is 5.81. The third-order valence-corrected chi connectivity index (χ3v) is 3.01. The van der Waals surface area contributed by atoms with Crippen molar-refractivity contribution < 1.29 is 14.3 Å². The van der Waals surface area contributed by atoms with Crippen LogP contribution in [-0.2, 0) is 16.0 Å². The van der Waals surface area contributed by atoms with Gasteiger partial charge < -0.3 is 9.47 Å². The van der Waals surface area contributed by atoms with Gasteiger partial charge in [-0.25, -0.2) is 0 Å². The first-order chi connectivity index (χ1) is 8.28. The van der Waals surface area contributed by atoms with Gasteiger partial charge in [0.2, 0.25) is 0 Å². The number of benzene rings is 1. The van der Waals surface area contributed by atoms with E-state index in [-0.39, 0.29) is 11.9 Å². The van der Waals surface area contributed by atoms with E-state index in [0.717, 1.165) is 30.8 Å². The highest BCUT2D eigenvalue weighted by Gasteiger charge is 2.19. The van der Waals surface area contributed by atoms with Crippen LogP contribution in [0.25, 0.3) is 0 Å². The number of ether oxygens (including phenoxy) is 2. The molecule has 1 saturated heterocycles. The highest BCUT2D eigenvalue weighted by Crippen LogP contribution is 2.18. The molecule has 3 heteroatoms. The van der Waals surface area contributed by atoms with Gasteiger partial charge in [0.1, 0.15) is 11.5 Å². The molecular formula is C14H18O3. The quantitative estimate of drug-likeness (QED) is 0.784. The first-order valence-corrected chi connectivity index (χ1v) is 6.04. The van der Waals surface area contributed by atoms with Gasteiger partial charge in [0, 0.05) is 19.4 Å². The third-order valence-electron chi connectivity index (χ3n) is 3.01. The summed E-state index contributed by atoms with van der Waals surface area (Å²) in [5.41, 5.74) is 1.01. The Morgan fingerprint density at radius 1 is 1.53 bits per heavy atom. The average Bonchev–Trinajstić information content (AvgIpc) is 2.82. The molecule has 92 valence electrons. The molecule has 1 aromatic rings. The molecule has 1 unspecified atom stereocenters. The summed E-state index contributed by atoms with van der Waals surface area (Å²) in [6, 6.07) is 7.66. The second-order valence-electron chi connectivity index (χ2n) is 4.41. The Balaban J connectivity index is 1.88. The van der Waals surface area contributed by atoms with Gasteiger partial charge in [0.05, 0.1) is 13.2 Å². The van der Waals surface area contributed by atoms with E-state index >= 15 is 0 Å². The van der Waals surface area contributed by atoms with E-state index < -0.39 is 0 Å². The van der Waals surface area contributed by atoms with Gasteiger partial charge in [-0.3, -0.25) is 4.79 Å². The molecule has 2 rings (SSSR count). The molecule has 3 nitrogen and oxygen atoms in total. The van der Waals surface area contributed by atoms with Crippen LogP contribution >= 0.6 is 0 Å². The van der Waals surface area contributed by atoms with Crippen molar-refractivity contribution in [2.45, 2.75) is 31.8 Å². The minimum absolute atomic E-state index is 0.146. The smallest absolute Gasteiger partial charge is 0.139 e. The van der Waals surface area contributed by atoms with Gasteiger partial charge in [-0.1, -0.05) is 12.1 Å². The van der Waals surface area contributed by atoms with Crippen molar-refractivity contribution >= 4 is 5.78 Å². The van der Waals surface area contributed by atoms with Gasteiger partial charge in [-0.2, -0.15) is 0 Å². The monoisotopic (exact) mass is 234 g/mol. The van der Waals surface area contributed by atoms with E-state index in [1.54, 1.807) is 7.11 Å². The number of carbonyl (C=O) groups is 1. The Morgan fingerprint density at radius 2 is 2.41 bits per heavy atom. The predicted octanol–water partition coefficient (Wildman–Crippen LogP) is 2.38. The maximum Gasteiger partial charge on any atom is 0.139 e. The average molecular weight is 234 g/mol. The topological polar surface area (TPSA) is 35.5 Å². The molecule has 0 spiro atoms. The molecule has 0 aromatic heterocycles. The van der Waals surface area contributed by atoms with E-state index in [0.29, 0.717) is 12.8 Å². The summed E-state index contributed by atoms with van der Waals surface area (Å²) in [5.74, 6) is 1.04. The zero-order valence-electron chi connectivity index (χ0n) is 10.1. The highest BCUT2D eigenvalue weighted by atomic mass is 16.5. The summed E-state index contributed by atoms with van der Waals surface area (Å²) in [4.78, 5) is 11.8. The molecule has 1 aliphatic heterocycles. The molecule has 17 heavy (non-hydrogen) atoms. The number of ketones is 1. The van der Waals surface area contributed by atoms with Crippen molar-refractivity contribution in [3.63, 3.8) is 0 Å². The zero-order valence-corrected chi connectivity index (χ0v) is 10.1. The Morgan fingerprint density at radius 3 is 3.12 bits per heavy atom. The summed E-state index contributed by atoms with van der Waals surface area (Å²) in [6.07, 6.45) is 3.25. The van der Waals surface area contributed by atoms with Gasteiger partial charge >= 0.3 is 0 Å². The van der Waals surface area contributed by atoms with Crippen LogP contribution in [0.3, 0.4) is 0 Å². The molecule has 0 aliphatic carbocycles. The van der Waals surface area contributed by atoms with Crippen LogP contribution in [0.2, 0.25) is 0 Å². The number of hydrogen-bond acceptors (Lipinski definition) is 3. The first kappa shape index (κ1) is 12.1. The second kappa shape index (κ2) is 5.82. The van der Waals surface area contributed by atoms with Gasteiger partial charge in [-0.05, 0) is 30.5 Å². The maximum absolute atomic E-state index is 11.8. The van der Waals surface area contributed by atoms with Crippen molar-refractivity contribution in [3.8, 4) is 5.75 Å². The SMILES string of the molecule is COc1cccc(CC(=O)CC2CCCO2)c1. The normalized spacial score (nSPS) is 19.2. The molecule has 0 bridgehead atoms. The molecule has 1 heterocycles. The number of rotatable bonds is 5. The van der Waals surface area contributed by atoms with Crippen LogP contribution in [0.1, 0.15) is 24.8 Å². The molecule has 1 atom stereocenters. The Bertz CT molecular complexity index is 381. The fourth-order valence-corrected chi connectivity index (χ4v) is 2.14. The van der Waals surface area contributed by atoms with Gasteiger partial charge in [-0.15, -0.1) is 0 Å². The maximum atomic E-state index is 11.8. The lowest BCUT2D eigenvalue weighted by atomic mass is 10.0. The summed E-state index contributed by atoms with van der Waals surface area (Å²) >= 11 is 0.